The Kier molecular flexibility index (Phi) is 5.91. The topological polar surface area (TPSA) is 12.5 Å². The predicted octanol–water partition coefficient (Wildman–Crippen LogP) is 13.2. The summed E-state index contributed by atoms with van der Waals surface area (Å²) >= 11 is 0. The van der Waals surface area contributed by atoms with Crippen LogP contribution in [0.4, 0.5) is 17.1 Å². The molecule has 9 aromatic carbocycles. The van der Waals surface area contributed by atoms with Gasteiger partial charge in [0.2, 0.25) is 0 Å². The molecule has 0 fully saturated rings. The van der Waals surface area contributed by atoms with Gasteiger partial charge in [0.1, 0.15) is 0 Å². The van der Waals surface area contributed by atoms with Crippen LogP contribution in [0.5, 0.6) is 11.5 Å². The lowest BCUT2D eigenvalue weighted by Crippen LogP contribution is -2.15. The van der Waals surface area contributed by atoms with Gasteiger partial charge in [-0.05, 0) is 120 Å². The molecule has 1 aliphatic rings. The monoisotopic (exact) mass is 611 g/mol. The molecule has 0 saturated heterocycles. The highest BCUT2D eigenvalue weighted by Gasteiger charge is 2.25. The number of nitrogens with zero attached hydrogens (tertiary/aromatic N) is 1. The fraction of sp³-hybridized carbons (Fsp3) is 0. The van der Waals surface area contributed by atoms with Gasteiger partial charge in [-0.2, -0.15) is 0 Å². The molecule has 0 N–H and O–H groups in total. The lowest BCUT2D eigenvalue weighted by Gasteiger charge is -2.32. The van der Waals surface area contributed by atoms with E-state index in [0.717, 1.165) is 28.6 Å². The lowest BCUT2D eigenvalue weighted by molar-refractivity contribution is 0.477. The molecule has 2 heteroatoms. The number of benzene rings is 9. The Hall–Kier alpha value is -6.38. The van der Waals surface area contributed by atoms with Crippen LogP contribution in [0, 0.1) is 0 Å². The minimum atomic E-state index is 0.857. The van der Waals surface area contributed by atoms with Crippen molar-refractivity contribution in [2.45, 2.75) is 0 Å². The van der Waals surface area contributed by atoms with Crippen molar-refractivity contribution < 1.29 is 4.74 Å². The number of anilines is 3. The van der Waals surface area contributed by atoms with Crippen molar-refractivity contribution in [2.75, 3.05) is 4.90 Å². The summed E-state index contributed by atoms with van der Waals surface area (Å²) in [5.74, 6) is 1.71. The van der Waals surface area contributed by atoms with Gasteiger partial charge in [0, 0.05) is 5.69 Å². The van der Waals surface area contributed by atoms with Crippen LogP contribution in [0.1, 0.15) is 0 Å². The maximum atomic E-state index is 6.26. The van der Waals surface area contributed by atoms with Crippen molar-refractivity contribution >= 4 is 60.2 Å². The van der Waals surface area contributed by atoms with E-state index in [2.05, 4.69) is 157 Å². The molecule has 0 spiro atoms. The molecule has 0 amide bonds. The second-order valence-corrected chi connectivity index (χ2v) is 12.5. The smallest absolute Gasteiger partial charge is 0.151 e. The highest BCUT2D eigenvalue weighted by atomic mass is 16.5. The van der Waals surface area contributed by atoms with Crippen LogP contribution in [-0.4, -0.2) is 0 Å². The van der Waals surface area contributed by atoms with Crippen LogP contribution in [0.2, 0.25) is 0 Å². The number of hydrogen-bond donors (Lipinski definition) is 0. The molecule has 0 atom stereocenters. The van der Waals surface area contributed by atoms with Crippen LogP contribution in [0.15, 0.2) is 176 Å². The Morgan fingerprint density at radius 2 is 0.854 bits per heavy atom. The van der Waals surface area contributed by atoms with Crippen molar-refractivity contribution in [3.63, 3.8) is 0 Å². The number of fused-ring (bicyclic) bond motifs is 8. The van der Waals surface area contributed by atoms with Gasteiger partial charge < -0.3 is 9.64 Å². The first-order chi connectivity index (χ1) is 23.8. The van der Waals surface area contributed by atoms with Gasteiger partial charge in [-0.1, -0.05) is 121 Å². The molecule has 0 aliphatic carbocycles. The molecule has 0 radical (unpaired) electrons. The molecule has 1 heterocycles. The van der Waals surface area contributed by atoms with E-state index in [1.807, 2.05) is 24.3 Å². The van der Waals surface area contributed by atoms with E-state index in [-0.39, 0.29) is 0 Å². The van der Waals surface area contributed by atoms with Crippen molar-refractivity contribution in [1.29, 1.82) is 0 Å². The van der Waals surface area contributed by atoms with Crippen LogP contribution >= 0.6 is 0 Å². The summed E-state index contributed by atoms with van der Waals surface area (Å²) in [5.41, 5.74) is 8.07. The summed E-state index contributed by atoms with van der Waals surface area (Å²) in [4.78, 5) is 2.29. The molecule has 10 rings (SSSR count). The normalized spacial score (nSPS) is 12.3. The molecule has 2 nitrogen and oxygen atoms in total. The van der Waals surface area contributed by atoms with Crippen molar-refractivity contribution in [3.8, 4) is 33.8 Å². The molecule has 224 valence electrons. The summed E-state index contributed by atoms with van der Waals surface area (Å²) < 4.78 is 6.26. The van der Waals surface area contributed by atoms with E-state index < -0.39 is 0 Å². The zero-order chi connectivity index (χ0) is 31.6. The molecular weight excluding hydrogens is 583 g/mol. The SMILES string of the molecule is c1ccc2c(c1)Oc1ccccc1N2c1ccc(-c2cc3cc(-c4ccc5ccccc5c4)c4ccccc4c3c3ccccc23)cc1. The Morgan fingerprint density at radius 3 is 1.50 bits per heavy atom. The quantitative estimate of drug-likeness (QED) is 0.184. The van der Waals surface area contributed by atoms with E-state index in [9.17, 15) is 0 Å². The van der Waals surface area contributed by atoms with Crippen LogP contribution in [-0.2, 0) is 0 Å². The largest absolute Gasteiger partial charge is 0.453 e. The summed E-state index contributed by atoms with van der Waals surface area (Å²) in [6.07, 6.45) is 0. The molecule has 0 aromatic heterocycles. The summed E-state index contributed by atoms with van der Waals surface area (Å²) in [7, 11) is 0. The van der Waals surface area contributed by atoms with Gasteiger partial charge in [-0.25, -0.2) is 0 Å². The predicted molar refractivity (Wildman–Crippen MR) is 202 cm³/mol. The van der Waals surface area contributed by atoms with Crippen LogP contribution in [0.25, 0.3) is 65.3 Å². The van der Waals surface area contributed by atoms with E-state index in [1.54, 1.807) is 0 Å². The third-order valence-corrected chi connectivity index (χ3v) is 9.79. The molecular formula is C46H29NO. The van der Waals surface area contributed by atoms with Crippen LogP contribution < -0.4 is 9.64 Å². The molecule has 0 unspecified atom stereocenters. The Balaban J connectivity index is 1.17. The number of rotatable bonds is 3. The molecule has 0 saturated carbocycles. The molecule has 1 aliphatic heterocycles. The Bertz CT molecular complexity index is 2660. The van der Waals surface area contributed by atoms with Gasteiger partial charge in [0.05, 0.1) is 11.4 Å². The van der Waals surface area contributed by atoms with E-state index in [4.69, 9.17) is 4.74 Å². The molecule has 9 aromatic rings. The zero-order valence-electron chi connectivity index (χ0n) is 26.1. The molecule has 48 heavy (non-hydrogen) atoms. The highest BCUT2D eigenvalue weighted by molar-refractivity contribution is 6.25. The Morgan fingerprint density at radius 1 is 0.354 bits per heavy atom. The van der Waals surface area contributed by atoms with Gasteiger partial charge in [-0.3, -0.25) is 0 Å². The fourth-order valence-electron chi connectivity index (χ4n) is 7.59. The van der Waals surface area contributed by atoms with Gasteiger partial charge in [0.25, 0.3) is 0 Å². The number of ether oxygens (including phenoxy) is 1. The second-order valence-electron chi connectivity index (χ2n) is 12.5. The van der Waals surface area contributed by atoms with Gasteiger partial charge >= 0.3 is 0 Å². The average molecular weight is 612 g/mol. The van der Waals surface area contributed by atoms with Crippen molar-refractivity contribution in [3.05, 3.63) is 176 Å². The maximum absolute atomic E-state index is 6.26. The van der Waals surface area contributed by atoms with Crippen molar-refractivity contribution in [1.82, 2.24) is 0 Å². The minimum Gasteiger partial charge on any atom is -0.453 e. The van der Waals surface area contributed by atoms with E-state index >= 15 is 0 Å². The van der Waals surface area contributed by atoms with Crippen molar-refractivity contribution in [2.24, 2.45) is 0 Å². The van der Waals surface area contributed by atoms with Crippen LogP contribution in [0.3, 0.4) is 0 Å². The highest BCUT2D eigenvalue weighted by Crippen LogP contribution is 2.50. The first kappa shape index (κ1) is 26.8. The third-order valence-electron chi connectivity index (χ3n) is 9.79. The minimum absolute atomic E-state index is 0.857. The van der Waals surface area contributed by atoms with Gasteiger partial charge in [-0.15, -0.1) is 0 Å². The zero-order valence-corrected chi connectivity index (χ0v) is 26.1. The fourth-order valence-corrected chi connectivity index (χ4v) is 7.59. The Labute approximate surface area is 278 Å². The maximum Gasteiger partial charge on any atom is 0.151 e. The van der Waals surface area contributed by atoms with Gasteiger partial charge in [0.15, 0.2) is 11.5 Å². The number of hydrogen-bond acceptors (Lipinski definition) is 2. The average Bonchev–Trinajstić information content (AvgIpc) is 3.16. The standard InChI is InChI=1S/C46H29NO/c1-2-12-32-27-33(22-21-30(32)11-1)41-29-34-28-40(36-13-3-5-15-38(36)46(34)39-16-6-4-14-37(39)41)31-23-25-35(26-24-31)47-42-17-7-9-19-44(42)48-45-20-10-8-18-43(45)47/h1-29H. The van der Waals surface area contributed by atoms with E-state index in [1.165, 1.54) is 65.3 Å². The lowest BCUT2D eigenvalue weighted by atomic mass is 9.87. The summed E-state index contributed by atoms with van der Waals surface area (Å²) in [6.45, 7) is 0. The summed E-state index contributed by atoms with van der Waals surface area (Å²) in [6, 6.07) is 63.4. The number of para-hydroxylation sites is 4. The summed E-state index contributed by atoms with van der Waals surface area (Å²) in [5, 5.41) is 10.1. The van der Waals surface area contributed by atoms with E-state index in [0.29, 0.717) is 0 Å². The third kappa shape index (κ3) is 4.13. The molecule has 0 bridgehead atoms. The first-order valence-electron chi connectivity index (χ1n) is 16.4. The second kappa shape index (κ2) is 10.6. The first-order valence-corrected chi connectivity index (χ1v) is 16.4.